The molecule has 1 N–H and O–H groups in total. The second-order valence-electron chi connectivity index (χ2n) is 6.14. The highest BCUT2D eigenvalue weighted by Crippen LogP contribution is 2.38. The van der Waals surface area contributed by atoms with E-state index in [4.69, 9.17) is 25.6 Å². The number of methoxy groups -OCH3 is 2. The molecule has 0 aliphatic carbocycles. The highest BCUT2D eigenvalue weighted by molar-refractivity contribution is 7.92. The van der Waals surface area contributed by atoms with Gasteiger partial charge in [0.1, 0.15) is 17.2 Å². The molecule has 154 valence electrons. The molecule has 3 aromatic rings. The number of halogens is 1. The van der Waals surface area contributed by atoms with E-state index >= 15 is 0 Å². The van der Waals surface area contributed by atoms with E-state index in [1.807, 2.05) is 6.92 Å². The monoisotopic (exact) mass is 437 g/mol. The summed E-state index contributed by atoms with van der Waals surface area (Å²) in [6.45, 7) is 3.58. The van der Waals surface area contributed by atoms with Crippen molar-refractivity contribution < 1.29 is 22.4 Å². The number of nitrogens with zero attached hydrogens (tertiary/aromatic N) is 2. The van der Waals surface area contributed by atoms with Gasteiger partial charge in [-0.05, 0) is 18.6 Å². The number of aryl methyl sites for hydroxylation is 2. The first-order valence-corrected chi connectivity index (χ1v) is 10.5. The highest BCUT2D eigenvalue weighted by Gasteiger charge is 2.23. The first kappa shape index (κ1) is 20.9. The van der Waals surface area contributed by atoms with Gasteiger partial charge >= 0.3 is 0 Å². The average molecular weight is 438 g/mol. The Bertz CT molecular complexity index is 1140. The van der Waals surface area contributed by atoms with E-state index in [2.05, 4.69) is 14.9 Å². The van der Waals surface area contributed by atoms with Crippen LogP contribution >= 0.6 is 11.6 Å². The number of ether oxygens (including phenoxy) is 2. The predicted octanol–water partition coefficient (Wildman–Crippen LogP) is 4.08. The third-order valence-electron chi connectivity index (χ3n) is 4.23. The summed E-state index contributed by atoms with van der Waals surface area (Å²) >= 11 is 6.25. The van der Waals surface area contributed by atoms with Crippen molar-refractivity contribution in [3.05, 3.63) is 46.8 Å². The minimum absolute atomic E-state index is 0.0618. The molecule has 0 amide bonds. The van der Waals surface area contributed by atoms with Crippen molar-refractivity contribution in [2.75, 3.05) is 18.9 Å². The van der Waals surface area contributed by atoms with Crippen molar-refractivity contribution >= 4 is 27.3 Å². The van der Waals surface area contributed by atoms with E-state index in [1.54, 1.807) is 25.1 Å². The number of hydrogen-bond acceptors (Lipinski definition) is 7. The van der Waals surface area contributed by atoms with Crippen molar-refractivity contribution in [3.63, 3.8) is 0 Å². The molecule has 1 heterocycles. The predicted molar refractivity (Wildman–Crippen MR) is 109 cm³/mol. The van der Waals surface area contributed by atoms with Crippen LogP contribution in [0.4, 0.5) is 5.69 Å². The number of hydrogen-bond donors (Lipinski definition) is 1. The number of anilines is 1. The first-order valence-electron chi connectivity index (χ1n) is 8.67. The molecule has 2 aromatic carbocycles. The molecule has 0 saturated carbocycles. The van der Waals surface area contributed by atoms with Gasteiger partial charge in [0.05, 0.1) is 24.1 Å². The molecule has 0 radical (unpaired) electrons. The average Bonchev–Trinajstić information content (AvgIpc) is 3.18. The zero-order valence-corrected chi connectivity index (χ0v) is 17.9. The summed E-state index contributed by atoms with van der Waals surface area (Å²) in [5, 5.41) is 4.04. The van der Waals surface area contributed by atoms with Crippen LogP contribution in [0.1, 0.15) is 18.4 Å². The second kappa shape index (κ2) is 8.30. The lowest BCUT2D eigenvalue weighted by Gasteiger charge is -2.16. The molecule has 0 bridgehead atoms. The molecule has 0 aliphatic heterocycles. The maximum Gasteiger partial charge on any atom is 0.262 e. The number of nitrogens with one attached hydrogen (secondary N) is 1. The molecule has 0 unspecified atom stereocenters. The number of rotatable bonds is 7. The zero-order valence-electron chi connectivity index (χ0n) is 16.3. The van der Waals surface area contributed by atoms with E-state index in [0.717, 1.165) is 0 Å². The Morgan fingerprint density at radius 3 is 2.55 bits per heavy atom. The number of aromatic nitrogens is 2. The van der Waals surface area contributed by atoms with Gasteiger partial charge < -0.3 is 14.0 Å². The van der Waals surface area contributed by atoms with Gasteiger partial charge in [-0.3, -0.25) is 4.72 Å². The van der Waals surface area contributed by atoms with Gasteiger partial charge in [0.15, 0.2) is 0 Å². The van der Waals surface area contributed by atoms with Crippen LogP contribution in [0.5, 0.6) is 11.5 Å². The van der Waals surface area contributed by atoms with Gasteiger partial charge in [0.2, 0.25) is 11.7 Å². The van der Waals surface area contributed by atoms with Crippen LogP contribution in [-0.2, 0) is 16.4 Å². The minimum atomic E-state index is -3.99. The summed E-state index contributed by atoms with van der Waals surface area (Å²) in [4.78, 5) is 4.31. The summed E-state index contributed by atoms with van der Waals surface area (Å²) in [6, 6.07) is 7.94. The van der Waals surface area contributed by atoms with Crippen LogP contribution in [0.15, 0.2) is 39.8 Å². The Kier molecular flexibility index (Phi) is 5.99. The van der Waals surface area contributed by atoms with Crippen molar-refractivity contribution in [2.24, 2.45) is 0 Å². The molecule has 0 saturated heterocycles. The fourth-order valence-corrected chi connectivity index (χ4v) is 4.34. The largest absolute Gasteiger partial charge is 0.497 e. The Morgan fingerprint density at radius 1 is 1.17 bits per heavy atom. The third-order valence-corrected chi connectivity index (χ3v) is 6.02. The first-order chi connectivity index (χ1) is 13.8. The molecule has 0 atom stereocenters. The molecule has 1 aromatic heterocycles. The van der Waals surface area contributed by atoms with Crippen LogP contribution in [0, 0.1) is 6.92 Å². The minimum Gasteiger partial charge on any atom is -0.497 e. The highest BCUT2D eigenvalue weighted by atomic mass is 35.5. The molecule has 0 aliphatic rings. The summed E-state index contributed by atoms with van der Waals surface area (Å²) < 4.78 is 44.3. The number of sulfonamides is 1. The Hall–Kier alpha value is -2.78. The zero-order chi connectivity index (χ0) is 21.2. The maximum atomic E-state index is 13.1. The Balaban J connectivity index is 2.03. The van der Waals surface area contributed by atoms with Gasteiger partial charge in [0, 0.05) is 24.1 Å². The van der Waals surface area contributed by atoms with E-state index in [-0.39, 0.29) is 21.4 Å². The van der Waals surface area contributed by atoms with Crippen LogP contribution in [0.2, 0.25) is 5.02 Å². The van der Waals surface area contributed by atoms with Crippen LogP contribution < -0.4 is 14.2 Å². The molecular formula is C19H20ClN3O5S. The second-order valence-corrected chi connectivity index (χ2v) is 8.20. The fourth-order valence-electron chi connectivity index (χ4n) is 2.67. The number of benzene rings is 2. The molecule has 3 rings (SSSR count). The van der Waals surface area contributed by atoms with Gasteiger partial charge in [-0.1, -0.05) is 35.8 Å². The quantitative estimate of drug-likeness (QED) is 0.593. The van der Waals surface area contributed by atoms with E-state index < -0.39 is 10.0 Å². The van der Waals surface area contributed by atoms with Gasteiger partial charge in [-0.25, -0.2) is 8.42 Å². The van der Waals surface area contributed by atoms with E-state index in [9.17, 15) is 8.42 Å². The van der Waals surface area contributed by atoms with Gasteiger partial charge in [-0.15, -0.1) is 0 Å². The molecular weight excluding hydrogens is 418 g/mol. The summed E-state index contributed by atoms with van der Waals surface area (Å²) in [6.07, 6.45) is 0.585. The normalized spacial score (nSPS) is 11.3. The molecule has 0 fully saturated rings. The summed E-state index contributed by atoms with van der Waals surface area (Å²) in [7, 11) is -1.10. The van der Waals surface area contributed by atoms with Crippen molar-refractivity contribution in [3.8, 4) is 22.9 Å². The van der Waals surface area contributed by atoms with Gasteiger partial charge in [-0.2, -0.15) is 4.98 Å². The van der Waals surface area contributed by atoms with E-state index in [1.165, 1.54) is 26.4 Å². The Labute approximate surface area is 173 Å². The maximum absolute atomic E-state index is 13.1. The van der Waals surface area contributed by atoms with E-state index in [0.29, 0.717) is 35.0 Å². The third kappa shape index (κ3) is 4.30. The standard InChI is InChI=1S/C19H20ClN3O5S/c1-5-17-21-19(22-28-17)12-7-6-11(2)16(8-12)29(24,25)23-18-14(20)9-13(26-3)10-15(18)27-4/h6-10,23H,5H2,1-4H3. The topological polar surface area (TPSA) is 104 Å². The molecule has 10 heteroatoms. The van der Waals surface area contributed by atoms with Crippen molar-refractivity contribution in [1.29, 1.82) is 0 Å². The SMILES string of the molecule is CCc1nc(-c2ccc(C)c(S(=O)(=O)Nc3c(Cl)cc(OC)cc3OC)c2)no1. The lowest BCUT2D eigenvalue weighted by Crippen LogP contribution is -2.15. The lowest BCUT2D eigenvalue weighted by molar-refractivity contribution is 0.383. The Morgan fingerprint density at radius 2 is 1.93 bits per heavy atom. The lowest BCUT2D eigenvalue weighted by atomic mass is 10.1. The fraction of sp³-hybridized carbons (Fsp3) is 0.263. The smallest absolute Gasteiger partial charge is 0.262 e. The van der Waals surface area contributed by atoms with Gasteiger partial charge in [0.25, 0.3) is 10.0 Å². The van der Waals surface area contributed by atoms with Crippen molar-refractivity contribution in [1.82, 2.24) is 10.1 Å². The van der Waals surface area contributed by atoms with Crippen molar-refractivity contribution in [2.45, 2.75) is 25.2 Å². The van der Waals surface area contributed by atoms with Crippen LogP contribution in [-0.4, -0.2) is 32.8 Å². The van der Waals surface area contributed by atoms with Crippen LogP contribution in [0.3, 0.4) is 0 Å². The summed E-state index contributed by atoms with van der Waals surface area (Å²) in [5.41, 5.74) is 1.18. The molecule has 8 nitrogen and oxygen atoms in total. The van der Waals surface area contributed by atoms with Crippen LogP contribution in [0.25, 0.3) is 11.4 Å². The summed E-state index contributed by atoms with van der Waals surface area (Å²) in [5.74, 6) is 1.46. The molecule has 0 spiro atoms. The molecule has 29 heavy (non-hydrogen) atoms.